The number of aryl methyl sites for hydroxylation is 1. The molecule has 1 N–H and O–H groups in total. The van der Waals surface area contributed by atoms with Crippen molar-refractivity contribution in [1.82, 2.24) is 9.78 Å². The molecule has 1 aliphatic heterocycles. The molecule has 1 aromatic heterocycles. The summed E-state index contributed by atoms with van der Waals surface area (Å²) in [5.74, 6) is 1.47. The molecule has 0 saturated carbocycles. The normalized spacial score (nSPS) is 13.5. The molecule has 0 spiro atoms. The van der Waals surface area contributed by atoms with Gasteiger partial charge in [0.15, 0.2) is 0 Å². The van der Waals surface area contributed by atoms with Gasteiger partial charge in [-0.25, -0.2) is 4.68 Å². The number of nitrogens with zero attached hydrogens (tertiary/aromatic N) is 2. The highest BCUT2D eigenvalue weighted by molar-refractivity contribution is 5.55. The van der Waals surface area contributed by atoms with E-state index in [0.29, 0.717) is 0 Å². The van der Waals surface area contributed by atoms with Crippen molar-refractivity contribution in [3.05, 3.63) is 113 Å². The lowest BCUT2D eigenvalue weighted by Crippen LogP contribution is -2.08. The summed E-state index contributed by atoms with van der Waals surface area (Å²) in [5.41, 5.74) is 7.67. The summed E-state index contributed by atoms with van der Waals surface area (Å²) in [5, 5.41) is 8.86. The molecule has 0 unspecified atom stereocenters. The van der Waals surface area contributed by atoms with Crippen LogP contribution in [0.3, 0.4) is 0 Å². The molecule has 0 aliphatic carbocycles. The summed E-state index contributed by atoms with van der Waals surface area (Å²) < 4.78 is 2.13. The standard InChI is InChI=1S/C28H29N3/c1-21-15-17-24(18-16-21)31-28-25(14-8-9-19-29-28)27(30-31)20-26(22-10-4-2-5-11-22)23-12-6-3-7-13-23/h2-7,10-13,15-18,26,29H,8-9,14,19-20H2,1H3. The van der Waals surface area contributed by atoms with Crippen LogP contribution in [0.4, 0.5) is 5.82 Å². The lowest BCUT2D eigenvalue weighted by atomic mass is 9.86. The maximum absolute atomic E-state index is 5.18. The summed E-state index contributed by atoms with van der Waals surface area (Å²) >= 11 is 0. The number of fused-ring (bicyclic) bond motifs is 1. The molecule has 0 fully saturated rings. The number of hydrogen-bond acceptors (Lipinski definition) is 2. The van der Waals surface area contributed by atoms with Gasteiger partial charge in [0.2, 0.25) is 0 Å². The first-order valence-corrected chi connectivity index (χ1v) is 11.3. The number of nitrogens with one attached hydrogen (secondary N) is 1. The number of hydrogen-bond donors (Lipinski definition) is 1. The van der Waals surface area contributed by atoms with Gasteiger partial charge in [0, 0.05) is 24.4 Å². The summed E-state index contributed by atoms with van der Waals surface area (Å²) in [6.45, 7) is 3.13. The Kier molecular flexibility index (Phi) is 5.57. The van der Waals surface area contributed by atoms with Crippen LogP contribution in [-0.2, 0) is 12.8 Å². The zero-order valence-electron chi connectivity index (χ0n) is 18.1. The minimum absolute atomic E-state index is 0.288. The maximum atomic E-state index is 5.18. The van der Waals surface area contributed by atoms with E-state index in [1.807, 2.05) is 0 Å². The van der Waals surface area contributed by atoms with Crippen LogP contribution in [-0.4, -0.2) is 16.3 Å². The van der Waals surface area contributed by atoms with Gasteiger partial charge in [0.25, 0.3) is 0 Å². The Balaban J connectivity index is 1.59. The van der Waals surface area contributed by atoms with Crippen LogP contribution in [0.25, 0.3) is 5.69 Å². The third-order valence-electron chi connectivity index (χ3n) is 6.29. The van der Waals surface area contributed by atoms with E-state index in [-0.39, 0.29) is 5.92 Å². The second kappa shape index (κ2) is 8.81. The molecule has 2 heterocycles. The van der Waals surface area contributed by atoms with E-state index in [2.05, 4.69) is 102 Å². The minimum Gasteiger partial charge on any atom is -0.370 e. The average Bonchev–Trinajstić information content (AvgIpc) is 2.98. The van der Waals surface area contributed by atoms with E-state index in [4.69, 9.17) is 5.10 Å². The van der Waals surface area contributed by atoms with Crippen LogP contribution >= 0.6 is 0 Å². The topological polar surface area (TPSA) is 29.9 Å². The predicted octanol–water partition coefficient (Wildman–Crippen LogP) is 6.30. The summed E-state index contributed by atoms with van der Waals surface area (Å²) in [6, 6.07) is 30.4. The van der Waals surface area contributed by atoms with Crippen LogP contribution in [0.5, 0.6) is 0 Å². The van der Waals surface area contributed by atoms with Crippen molar-refractivity contribution < 1.29 is 0 Å². The van der Waals surface area contributed by atoms with Gasteiger partial charge in [-0.1, -0.05) is 78.4 Å². The fraction of sp³-hybridized carbons (Fsp3) is 0.250. The molecule has 0 atom stereocenters. The fourth-order valence-corrected chi connectivity index (χ4v) is 4.60. The van der Waals surface area contributed by atoms with Crippen LogP contribution < -0.4 is 5.32 Å². The second-order valence-corrected chi connectivity index (χ2v) is 8.48. The van der Waals surface area contributed by atoms with E-state index in [9.17, 15) is 0 Å². The van der Waals surface area contributed by atoms with Crippen molar-refractivity contribution in [3.63, 3.8) is 0 Å². The molecule has 0 amide bonds. The Hall–Kier alpha value is -3.33. The number of rotatable bonds is 5. The molecule has 0 radical (unpaired) electrons. The van der Waals surface area contributed by atoms with Gasteiger partial charge in [-0.05, 0) is 49.4 Å². The molecule has 3 nitrogen and oxygen atoms in total. The van der Waals surface area contributed by atoms with Gasteiger partial charge in [0.1, 0.15) is 5.82 Å². The SMILES string of the molecule is Cc1ccc(-n2nc(CC(c3ccccc3)c3ccccc3)c3c2NCCCC3)cc1. The van der Waals surface area contributed by atoms with Gasteiger partial charge in [-0.15, -0.1) is 0 Å². The van der Waals surface area contributed by atoms with Crippen LogP contribution in [0.2, 0.25) is 0 Å². The molecule has 1 aliphatic rings. The van der Waals surface area contributed by atoms with E-state index in [1.165, 1.54) is 46.6 Å². The van der Waals surface area contributed by atoms with Crippen LogP contribution in [0.15, 0.2) is 84.9 Å². The van der Waals surface area contributed by atoms with Gasteiger partial charge in [0.05, 0.1) is 11.4 Å². The van der Waals surface area contributed by atoms with Crippen molar-refractivity contribution in [2.75, 3.05) is 11.9 Å². The highest BCUT2D eigenvalue weighted by Crippen LogP contribution is 2.34. The Labute approximate surface area is 184 Å². The monoisotopic (exact) mass is 407 g/mol. The van der Waals surface area contributed by atoms with E-state index in [0.717, 1.165) is 25.1 Å². The Morgan fingerprint density at radius 1 is 0.839 bits per heavy atom. The quantitative estimate of drug-likeness (QED) is 0.420. The van der Waals surface area contributed by atoms with E-state index in [1.54, 1.807) is 0 Å². The van der Waals surface area contributed by atoms with Crippen LogP contribution in [0, 0.1) is 6.92 Å². The van der Waals surface area contributed by atoms with Crippen molar-refractivity contribution in [2.45, 2.75) is 38.5 Å². The van der Waals surface area contributed by atoms with Crippen molar-refractivity contribution in [1.29, 1.82) is 0 Å². The zero-order chi connectivity index (χ0) is 21.0. The molecule has 5 rings (SSSR count). The molecule has 3 aromatic carbocycles. The predicted molar refractivity (Wildman–Crippen MR) is 128 cm³/mol. The molecular formula is C28H29N3. The molecular weight excluding hydrogens is 378 g/mol. The highest BCUT2D eigenvalue weighted by atomic mass is 15.3. The van der Waals surface area contributed by atoms with Crippen molar-refractivity contribution in [2.24, 2.45) is 0 Å². The van der Waals surface area contributed by atoms with Crippen LogP contribution in [0.1, 0.15) is 46.7 Å². The Morgan fingerprint density at radius 2 is 1.48 bits per heavy atom. The lowest BCUT2D eigenvalue weighted by Gasteiger charge is -2.18. The van der Waals surface area contributed by atoms with E-state index < -0.39 is 0 Å². The molecule has 156 valence electrons. The van der Waals surface area contributed by atoms with Crippen molar-refractivity contribution in [3.8, 4) is 5.69 Å². The molecule has 3 heteroatoms. The third-order valence-corrected chi connectivity index (χ3v) is 6.29. The Morgan fingerprint density at radius 3 is 2.13 bits per heavy atom. The molecule has 31 heavy (non-hydrogen) atoms. The first-order valence-electron chi connectivity index (χ1n) is 11.3. The minimum atomic E-state index is 0.288. The Bertz CT molecular complexity index is 1090. The van der Waals surface area contributed by atoms with Gasteiger partial charge < -0.3 is 5.32 Å². The summed E-state index contributed by atoms with van der Waals surface area (Å²) in [4.78, 5) is 0. The van der Waals surface area contributed by atoms with Crippen molar-refractivity contribution >= 4 is 5.82 Å². The molecule has 0 saturated heterocycles. The first kappa shape index (κ1) is 19.6. The molecule has 4 aromatic rings. The van der Waals surface area contributed by atoms with Gasteiger partial charge >= 0.3 is 0 Å². The number of benzene rings is 3. The van der Waals surface area contributed by atoms with Gasteiger partial charge in [-0.3, -0.25) is 0 Å². The zero-order valence-corrected chi connectivity index (χ0v) is 18.1. The highest BCUT2D eigenvalue weighted by Gasteiger charge is 2.24. The van der Waals surface area contributed by atoms with E-state index >= 15 is 0 Å². The average molecular weight is 408 g/mol. The maximum Gasteiger partial charge on any atom is 0.133 e. The third kappa shape index (κ3) is 4.13. The summed E-state index contributed by atoms with van der Waals surface area (Å²) in [7, 11) is 0. The lowest BCUT2D eigenvalue weighted by molar-refractivity contribution is 0.727. The molecule has 0 bridgehead atoms. The number of aromatic nitrogens is 2. The smallest absolute Gasteiger partial charge is 0.133 e. The number of anilines is 1. The fourth-order valence-electron chi connectivity index (χ4n) is 4.60. The second-order valence-electron chi connectivity index (χ2n) is 8.48. The first-order chi connectivity index (χ1) is 15.3. The summed E-state index contributed by atoms with van der Waals surface area (Å²) in [6.07, 6.45) is 4.38. The largest absolute Gasteiger partial charge is 0.370 e. The van der Waals surface area contributed by atoms with Gasteiger partial charge in [-0.2, -0.15) is 5.10 Å².